The molecule has 6 rings (SSSR count). The van der Waals surface area contributed by atoms with Crippen LogP contribution in [0, 0.1) is 0 Å². The van der Waals surface area contributed by atoms with Gasteiger partial charge in [0.1, 0.15) is 0 Å². The smallest absolute Gasteiger partial charge is 0.283 e. The van der Waals surface area contributed by atoms with E-state index in [4.69, 9.17) is 0 Å². The Bertz CT molecular complexity index is 1530. The summed E-state index contributed by atoms with van der Waals surface area (Å²) in [6.07, 6.45) is 1.52. The lowest BCUT2D eigenvalue weighted by Crippen LogP contribution is -2.29. The molecule has 0 saturated carbocycles. The number of rotatable bonds is 4. The number of hydrogen-bond donors (Lipinski definition) is 1. The van der Waals surface area contributed by atoms with E-state index in [0.717, 1.165) is 25.6 Å². The zero-order valence-corrected chi connectivity index (χ0v) is 18.8. The molecule has 1 N–H and O–H groups in total. The highest BCUT2D eigenvalue weighted by Gasteiger charge is 2.35. The van der Waals surface area contributed by atoms with E-state index in [9.17, 15) is 18.0 Å². The quantitative estimate of drug-likeness (QED) is 0.481. The summed E-state index contributed by atoms with van der Waals surface area (Å²) >= 11 is 1.37. The molecule has 11 heteroatoms. The molecule has 4 heterocycles. The third-order valence-corrected chi connectivity index (χ3v) is 8.37. The fourth-order valence-corrected chi connectivity index (χ4v) is 6.30. The van der Waals surface area contributed by atoms with Crippen molar-refractivity contribution in [1.82, 2.24) is 19.1 Å². The molecule has 0 spiro atoms. The van der Waals surface area contributed by atoms with Crippen molar-refractivity contribution in [2.45, 2.75) is 30.3 Å². The largest absolute Gasteiger partial charge is 0.332 e. The van der Waals surface area contributed by atoms with Crippen molar-refractivity contribution in [2.24, 2.45) is 0 Å². The van der Waals surface area contributed by atoms with E-state index in [2.05, 4.69) is 15.4 Å². The van der Waals surface area contributed by atoms with Crippen LogP contribution in [-0.2, 0) is 32.7 Å². The minimum Gasteiger partial charge on any atom is -0.332 e. The maximum Gasteiger partial charge on any atom is 0.283 e. The van der Waals surface area contributed by atoms with Crippen LogP contribution in [0.25, 0.3) is 10.2 Å². The molecule has 2 aromatic carbocycles. The minimum atomic E-state index is -3.86. The molecule has 9 nitrogen and oxygen atoms in total. The molecule has 2 aliphatic rings. The van der Waals surface area contributed by atoms with Crippen molar-refractivity contribution in [2.75, 3.05) is 5.32 Å². The number of carbonyl (C=O) groups is 2. The highest BCUT2D eigenvalue weighted by molar-refractivity contribution is 7.89. The summed E-state index contributed by atoms with van der Waals surface area (Å²) in [5.41, 5.74) is 5.20. The highest BCUT2D eigenvalue weighted by Crippen LogP contribution is 2.35. The van der Waals surface area contributed by atoms with Gasteiger partial charge in [0.15, 0.2) is 0 Å². The molecule has 0 radical (unpaired) electrons. The van der Waals surface area contributed by atoms with Crippen LogP contribution in [0.3, 0.4) is 0 Å². The number of nitrogens with one attached hydrogen (secondary N) is 1. The minimum absolute atomic E-state index is 0.0558. The molecule has 2 aliphatic heterocycles. The summed E-state index contributed by atoms with van der Waals surface area (Å²) in [5, 5.41) is 7.07. The fraction of sp³-hybridized carbons (Fsp3) is 0.182. The van der Waals surface area contributed by atoms with Gasteiger partial charge in [-0.1, -0.05) is 18.2 Å². The van der Waals surface area contributed by atoms with Crippen molar-refractivity contribution in [1.29, 1.82) is 0 Å². The first-order valence-corrected chi connectivity index (χ1v) is 12.6. The van der Waals surface area contributed by atoms with Gasteiger partial charge >= 0.3 is 0 Å². The first-order valence-electron chi connectivity index (χ1n) is 10.2. The van der Waals surface area contributed by atoms with Crippen LogP contribution in [-0.4, -0.2) is 39.3 Å². The van der Waals surface area contributed by atoms with Gasteiger partial charge in [-0.15, -0.1) is 11.3 Å². The number of thiazole rings is 1. The number of anilines is 1. The zero-order valence-electron chi connectivity index (χ0n) is 17.1. The molecule has 2 amide bonds. The van der Waals surface area contributed by atoms with Crippen LogP contribution in [0.4, 0.5) is 5.69 Å². The third-order valence-electron chi connectivity index (χ3n) is 6.05. The first kappa shape index (κ1) is 20.1. The van der Waals surface area contributed by atoms with Crippen molar-refractivity contribution in [3.8, 4) is 0 Å². The first-order chi connectivity index (χ1) is 15.9. The van der Waals surface area contributed by atoms with Crippen LogP contribution in [0.1, 0.15) is 29.2 Å². The average Bonchev–Trinajstić information content (AvgIpc) is 3.56. The molecule has 4 aromatic rings. The number of benzene rings is 2. The monoisotopic (exact) mass is 479 g/mol. The summed E-state index contributed by atoms with van der Waals surface area (Å²) < 4.78 is 27.9. The van der Waals surface area contributed by atoms with Gasteiger partial charge < -0.3 is 10.2 Å². The molecule has 166 valence electrons. The van der Waals surface area contributed by atoms with Gasteiger partial charge in [0.25, 0.3) is 10.0 Å². The number of para-hydroxylation sites is 1. The van der Waals surface area contributed by atoms with E-state index in [1.165, 1.54) is 23.6 Å². The summed E-state index contributed by atoms with van der Waals surface area (Å²) in [4.78, 5) is 31.2. The zero-order chi connectivity index (χ0) is 22.7. The van der Waals surface area contributed by atoms with E-state index in [1.54, 1.807) is 22.5 Å². The van der Waals surface area contributed by atoms with Crippen LogP contribution in [0.2, 0.25) is 0 Å². The molecule has 33 heavy (non-hydrogen) atoms. The second-order valence-electron chi connectivity index (χ2n) is 8.04. The number of hydrogen-bond acceptors (Lipinski definition) is 7. The Hall–Kier alpha value is -3.57. The van der Waals surface area contributed by atoms with E-state index >= 15 is 0 Å². The van der Waals surface area contributed by atoms with Crippen molar-refractivity contribution in [3.63, 3.8) is 0 Å². The number of carbonyl (C=O) groups excluding carboxylic acids is 2. The van der Waals surface area contributed by atoms with Crippen molar-refractivity contribution in [3.05, 3.63) is 71.0 Å². The van der Waals surface area contributed by atoms with Crippen LogP contribution >= 0.6 is 11.3 Å². The van der Waals surface area contributed by atoms with Gasteiger partial charge in [-0.2, -0.15) is 17.6 Å². The second-order valence-corrected chi connectivity index (χ2v) is 10.7. The molecular weight excluding hydrogens is 462 g/mol. The van der Waals surface area contributed by atoms with Gasteiger partial charge in [0.05, 0.1) is 38.8 Å². The van der Waals surface area contributed by atoms with Gasteiger partial charge in [-0.3, -0.25) is 9.59 Å². The Morgan fingerprint density at radius 3 is 2.88 bits per heavy atom. The SMILES string of the molecule is O=C1Nc2ccccc2[C@@H]1CC(=O)N1Cc2cn(S(=O)(=O)c3ccc4ncsc4c3)nc2C1. The number of nitrogens with zero attached hydrogens (tertiary/aromatic N) is 4. The standard InChI is InChI=1S/C22H17N5O4S2/c28-21(8-16-15-3-1-2-4-17(15)24-22(16)29)26-9-13-10-27(25-19(13)11-26)33(30,31)14-5-6-18-20(7-14)32-12-23-18/h1-7,10,12,16H,8-9,11H2,(H,24,29)/t16-/m0/s1. The summed E-state index contributed by atoms with van der Waals surface area (Å²) in [6.45, 7) is 0.466. The maximum atomic E-state index is 13.1. The lowest BCUT2D eigenvalue weighted by Gasteiger charge is -2.18. The van der Waals surface area contributed by atoms with E-state index in [-0.39, 0.29) is 36.2 Å². The van der Waals surface area contributed by atoms with Gasteiger partial charge in [0, 0.05) is 30.4 Å². The van der Waals surface area contributed by atoms with E-state index in [0.29, 0.717) is 11.3 Å². The molecule has 0 saturated heterocycles. The highest BCUT2D eigenvalue weighted by atomic mass is 32.2. The van der Waals surface area contributed by atoms with E-state index in [1.807, 2.05) is 24.3 Å². The normalized spacial score (nSPS) is 17.3. The lowest BCUT2D eigenvalue weighted by molar-refractivity contribution is -0.134. The predicted octanol–water partition coefficient (Wildman–Crippen LogP) is 2.70. The van der Waals surface area contributed by atoms with Gasteiger partial charge in [-0.05, 0) is 29.8 Å². The van der Waals surface area contributed by atoms with E-state index < -0.39 is 15.9 Å². The lowest BCUT2D eigenvalue weighted by atomic mass is 9.97. The van der Waals surface area contributed by atoms with Crippen LogP contribution in [0.15, 0.2) is 59.1 Å². The molecule has 0 bridgehead atoms. The summed E-state index contributed by atoms with van der Waals surface area (Å²) in [6, 6.07) is 12.1. The Kier molecular flexibility index (Phi) is 4.39. The predicted molar refractivity (Wildman–Crippen MR) is 121 cm³/mol. The number of amides is 2. The second kappa shape index (κ2) is 7.22. The van der Waals surface area contributed by atoms with Crippen molar-refractivity contribution < 1.29 is 18.0 Å². The van der Waals surface area contributed by atoms with Crippen LogP contribution in [0.5, 0.6) is 0 Å². The summed E-state index contributed by atoms with van der Waals surface area (Å²) in [5.74, 6) is -0.880. The summed E-state index contributed by atoms with van der Waals surface area (Å²) in [7, 11) is -3.86. The molecule has 0 fully saturated rings. The van der Waals surface area contributed by atoms with Crippen molar-refractivity contribution >= 4 is 49.1 Å². The Morgan fingerprint density at radius 2 is 2.03 bits per heavy atom. The van der Waals surface area contributed by atoms with Crippen LogP contribution < -0.4 is 5.32 Å². The molecule has 0 aliphatic carbocycles. The fourth-order valence-electron chi connectivity index (χ4n) is 4.31. The molecule has 0 unspecified atom stereocenters. The molecule has 1 atom stereocenters. The number of aromatic nitrogens is 3. The Morgan fingerprint density at radius 1 is 1.18 bits per heavy atom. The van der Waals surface area contributed by atoms with Gasteiger partial charge in [0.2, 0.25) is 11.8 Å². The number of fused-ring (bicyclic) bond motifs is 3. The Balaban J connectivity index is 1.19. The topological polar surface area (TPSA) is 114 Å². The Labute approximate surface area is 192 Å². The van der Waals surface area contributed by atoms with Gasteiger partial charge in [-0.25, -0.2) is 4.98 Å². The molecular formula is C22H17N5O4S2. The maximum absolute atomic E-state index is 13.1. The third kappa shape index (κ3) is 3.23. The molecule has 2 aromatic heterocycles. The average molecular weight is 480 g/mol.